The van der Waals surface area contributed by atoms with Crippen molar-refractivity contribution in [3.8, 4) is 6.07 Å². The summed E-state index contributed by atoms with van der Waals surface area (Å²) in [6, 6.07) is 5.37. The van der Waals surface area contributed by atoms with Gasteiger partial charge in [0.2, 0.25) is 0 Å². The topological polar surface area (TPSA) is 77.2 Å². The molecule has 1 heterocycles. The molecule has 5 heteroatoms. The van der Waals surface area contributed by atoms with E-state index in [1.54, 1.807) is 17.0 Å². The molecule has 0 aliphatic carbocycles. The van der Waals surface area contributed by atoms with Crippen molar-refractivity contribution in [1.82, 2.24) is 4.98 Å². The van der Waals surface area contributed by atoms with Crippen molar-refractivity contribution in [2.75, 3.05) is 18.0 Å². The molecule has 0 radical (unpaired) electrons. The van der Waals surface area contributed by atoms with E-state index in [0.29, 0.717) is 12.2 Å². The first-order valence-electron chi connectivity index (χ1n) is 5.01. The van der Waals surface area contributed by atoms with E-state index in [0.717, 1.165) is 6.42 Å². The summed E-state index contributed by atoms with van der Waals surface area (Å²) in [5, 5.41) is 17.7. The smallest absolute Gasteiger partial charge is 0.323 e. The lowest BCUT2D eigenvalue weighted by Gasteiger charge is -2.22. The van der Waals surface area contributed by atoms with E-state index < -0.39 is 5.97 Å². The van der Waals surface area contributed by atoms with E-state index in [4.69, 9.17) is 10.4 Å². The molecule has 0 saturated heterocycles. The molecule has 0 saturated carbocycles. The molecule has 1 rings (SSSR count). The highest BCUT2D eigenvalue weighted by Gasteiger charge is 2.13. The summed E-state index contributed by atoms with van der Waals surface area (Å²) < 4.78 is 0. The van der Waals surface area contributed by atoms with Crippen LogP contribution in [0.4, 0.5) is 5.69 Å². The standard InChI is InChI=1S/C11H13N3O2/c1-2-6-14(8-11(15)16)10-4-3-5-13-9(10)7-12/h3-5H,2,6,8H2,1H3,(H,15,16). The van der Waals surface area contributed by atoms with Gasteiger partial charge in [0, 0.05) is 12.7 Å². The third kappa shape index (κ3) is 2.95. The molecule has 0 amide bonds. The second-order valence-corrected chi connectivity index (χ2v) is 3.30. The first-order chi connectivity index (χ1) is 7.69. The van der Waals surface area contributed by atoms with Gasteiger partial charge in [-0.05, 0) is 18.6 Å². The Morgan fingerprint density at radius 2 is 2.44 bits per heavy atom. The SMILES string of the molecule is CCCN(CC(=O)O)c1cccnc1C#N. The molecule has 1 aromatic rings. The monoisotopic (exact) mass is 219 g/mol. The number of aromatic nitrogens is 1. The molecule has 0 aliphatic heterocycles. The van der Waals surface area contributed by atoms with Crippen LogP contribution in [0.2, 0.25) is 0 Å². The molecule has 0 aliphatic rings. The van der Waals surface area contributed by atoms with E-state index in [9.17, 15) is 4.79 Å². The maximum absolute atomic E-state index is 10.7. The molecule has 1 aromatic heterocycles. The summed E-state index contributed by atoms with van der Waals surface area (Å²) in [6.45, 7) is 2.43. The fraction of sp³-hybridized carbons (Fsp3) is 0.364. The molecule has 0 fully saturated rings. The maximum atomic E-state index is 10.7. The van der Waals surface area contributed by atoms with E-state index in [1.165, 1.54) is 6.20 Å². The van der Waals surface area contributed by atoms with E-state index in [1.807, 2.05) is 13.0 Å². The van der Waals surface area contributed by atoms with Crippen molar-refractivity contribution >= 4 is 11.7 Å². The van der Waals surface area contributed by atoms with Crippen LogP contribution in [-0.4, -0.2) is 29.1 Å². The molecule has 5 nitrogen and oxygen atoms in total. The molecule has 16 heavy (non-hydrogen) atoms. The maximum Gasteiger partial charge on any atom is 0.323 e. The average Bonchev–Trinajstić information content (AvgIpc) is 2.28. The van der Waals surface area contributed by atoms with Gasteiger partial charge in [0.25, 0.3) is 0 Å². The van der Waals surface area contributed by atoms with Crippen LogP contribution in [0, 0.1) is 11.3 Å². The number of pyridine rings is 1. The van der Waals surface area contributed by atoms with Gasteiger partial charge < -0.3 is 10.0 Å². The predicted octanol–water partition coefficient (Wildman–Crippen LogP) is 1.25. The van der Waals surface area contributed by atoms with Crippen LogP contribution in [-0.2, 0) is 4.79 Å². The third-order valence-electron chi connectivity index (χ3n) is 2.05. The number of rotatable bonds is 5. The van der Waals surface area contributed by atoms with Crippen molar-refractivity contribution < 1.29 is 9.90 Å². The number of carboxylic acid groups (broad SMARTS) is 1. The molecule has 0 spiro atoms. The summed E-state index contributed by atoms with van der Waals surface area (Å²) in [5.74, 6) is -0.916. The number of aliphatic carboxylic acids is 1. The highest BCUT2D eigenvalue weighted by Crippen LogP contribution is 2.17. The molecular weight excluding hydrogens is 206 g/mol. The zero-order valence-corrected chi connectivity index (χ0v) is 9.05. The number of carbonyl (C=O) groups is 1. The quantitative estimate of drug-likeness (QED) is 0.806. The Bertz CT molecular complexity index is 412. The first kappa shape index (κ1) is 12.0. The van der Waals surface area contributed by atoms with E-state index >= 15 is 0 Å². The predicted molar refractivity (Wildman–Crippen MR) is 59.1 cm³/mol. The Morgan fingerprint density at radius 3 is 3.00 bits per heavy atom. The van der Waals surface area contributed by atoms with Crippen molar-refractivity contribution in [1.29, 1.82) is 5.26 Å². The fourth-order valence-corrected chi connectivity index (χ4v) is 1.46. The number of hydrogen-bond acceptors (Lipinski definition) is 4. The minimum atomic E-state index is -0.916. The van der Waals surface area contributed by atoms with Crippen molar-refractivity contribution in [2.45, 2.75) is 13.3 Å². The summed E-state index contributed by atoms with van der Waals surface area (Å²) in [6.07, 6.45) is 2.33. The van der Waals surface area contributed by atoms with Crippen LogP contribution in [0.25, 0.3) is 0 Å². The Labute approximate surface area is 93.9 Å². The van der Waals surface area contributed by atoms with Gasteiger partial charge in [-0.2, -0.15) is 5.26 Å². The van der Waals surface area contributed by atoms with Gasteiger partial charge in [-0.1, -0.05) is 6.92 Å². The molecule has 1 N–H and O–H groups in total. The third-order valence-corrected chi connectivity index (χ3v) is 2.05. The Hall–Kier alpha value is -2.09. The van der Waals surface area contributed by atoms with Gasteiger partial charge in [-0.25, -0.2) is 4.98 Å². The molecule has 0 aromatic carbocycles. The minimum absolute atomic E-state index is 0.117. The molecule has 0 atom stereocenters. The number of nitriles is 1. The van der Waals surface area contributed by atoms with Crippen LogP contribution in [0.5, 0.6) is 0 Å². The Kier molecular flexibility index (Phi) is 4.28. The van der Waals surface area contributed by atoms with Crippen molar-refractivity contribution in [3.05, 3.63) is 24.0 Å². The zero-order chi connectivity index (χ0) is 12.0. The lowest BCUT2D eigenvalue weighted by Crippen LogP contribution is -2.31. The number of hydrogen-bond donors (Lipinski definition) is 1. The largest absolute Gasteiger partial charge is 0.480 e. The Morgan fingerprint density at radius 1 is 1.69 bits per heavy atom. The zero-order valence-electron chi connectivity index (χ0n) is 9.05. The second kappa shape index (κ2) is 5.71. The molecule has 0 unspecified atom stereocenters. The first-order valence-corrected chi connectivity index (χ1v) is 5.01. The lowest BCUT2D eigenvalue weighted by atomic mass is 10.2. The van der Waals surface area contributed by atoms with Crippen LogP contribution in [0.3, 0.4) is 0 Å². The van der Waals surface area contributed by atoms with Gasteiger partial charge >= 0.3 is 5.97 Å². The van der Waals surface area contributed by atoms with Crippen LogP contribution < -0.4 is 4.90 Å². The lowest BCUT2D eigenvalue weighted by molar-refractivity contribution is -0.135. The van der Waals surface area contributed by atoms with Gasteiger partial charge in [-0.15, -0.1) is 0 Å². The van der Waals surface area contributed by atoms with Crippen LogP contribution in [0.15, 0.2) is 18.3 Å². The van der Waals surface area contributed by atoms with Crippen LogP contribution >= 0.6 is 0 Å². The number of anilines is 1. The molecule has 0 bridgehead atoms. The van der Waals surface area contributed by atoms with Gasteiger partial charge in [0.1, 0.15) is 12.6 Å². The summed E-state index contributed by atoms with van der Waals surface area (Å²) in [5.41, 5.74) is 0.839. The molecular formula is C11H13N3O2. The molecule has 84 valence electrons. The number of carboxylic acids is 1. The Balaban J connectivity index is 3.00. The highest BCUT2D eigenvalue weighted by atomic mass is 16.4. The summed E-state index contributed by atoms with van der Waals surface area (Å²) in [4.78, 5) is 16.3. The van der Waals surface area contributed by atoms with E-state index in [2.05, 4.69) is 4.98 Å². The van der Waals surface area contributed by atoms with Crippen LogP contribution in [0.1, 0.15) is 19.0 Å². The van der Waals surface area contributed by atoms with E-state index in [-0.39, 0.29) is 12.2 Å². The minimum Gasteiger partial charge on any atom is -0.480 e. The number of nitrogens with zero attached hydrogens (tertiary/aromatic N) is 3. The van der Waals surface area contributed by atoms with Crippen molar-refractivity contribution in [3.63, 3.8) is 0 Å². The normalized spacial score (nSPS) is 9.50. The second-order valence-electron chi connectivity index (χ2n) is 3.30. The fourth-order valence-electron chi connectivity index (χ4n) is 1.46. The van der Waals surface area contributed by atoms with Gasteiger partial charge in [0.05, 0.1) is 5.69 Å². The van der Waals surface area contributed by atoms with Gasteiger partial charge in [0.15, 0.2) is 5.69 Å². The van der Waals surface area contributed by atoms with Gasteiger partial charge in [-0.3, -0.25) is 4.79 Å². The van der Waals surface area contributed by atoms with Crippen molar-refractivity contribution in [2.24, 2.45) is 0 Å². The summed E-state index contributed by atoms with van der Waals surface area (Å²) >= 11 is 0. The summed E-state index contributed by atoms with van der Waals surface area (Å²) in [7, 11) is 0. The average molecular weight is 219 g/mol. The highest BCUT2D eigenvalue weighted by molar-refractivity contribution is 5.74.